The monoisotopic (exact) mass is 342 g/mol. The van der Waals surface area contributed by atoms with Gasteiger partial charge in [0.05, 0.1) is 0 Å². The zero-order valence-corrected chi connectivity index (χ0v) is 9.88. The summed E-state index contributed by atoms with van der Waals surface area (Å²) in [5, 5.41) is 0. The van der Waals surface area contributed by atoms with E-state index >= 15 is 0 Å². The first-order valence-electron chi connectivity index (χ1n) is 1.41. The summed E-state index contributed by atoms with van der Waals surface area (Å²) in [6.45, 7) is 0. The Kier molecular flexibility index (Phi) is 103. The van der Waals surface area contributed by atoms with Gasteiger partial charge in [-0.25, -0.2) is 0 Å². The number of hydrogen-bond acceptors (Lipinski definition) is 6. The molecule has 0 amide bonds. The van der Waals surface area contributed by atoms with Gasteiger partial charge in [-0.05, 0) is 0 Å². The Balaban J connectivity index is -0.0000000257. The molecular weight excluding hydrogens is 342 g/mol. The van der Waals surface area contributed by atoms with Crippen LogP contribution >= 0.6 is 0 Å². The van der Waals surface area contributed by atoms with Gasteiger partial charge < -0.3 is 0 Å². The molecule has 0 heterocycles. The molecule has 0 aliphatic rings. The van der Waals surface area contributed by atoms with E-state index in [1.807, 2.05) is 0 Å². The van der Waals surface area contributed by atoms with Gasteiger partial charge in [0.2, 0.25) is 0 Å². The van der Waals surface area contributed by atoms with Crippen LogP contribution in [0.1, 0.15) is 0 Å². The van der Waals surface area contributed by atoms with Crippen LogP contribution < -0.4 is 12.5 Å². The van der Waals surface area contributed by atoms with Crippen molar-refractivity contribution < 1.29 is 61.6 Å². The second-order valence-electron chi connectivity index (χ2n) is 0.289. The third-order valence-electron chi connectivity index (χ3n) is 0. The number of hydrogen-bond donors (Lipinski definition) is 0. The van der Waals surface area contributed by atoms with E-state index in [9.17, 15) is 0 Å². The minimum absolute atomic E-state index is 0. The van der Waals surface area contributed by atoms with E-state index in [1.165, 1.54) is 0 Å². The normalized spacial score (nSPS) is 2.40. The van der Waals surface area contributed by atoms with Gasteiger partial charge in [-0.15, -0.1) is 0 Å². The molecule has 0 unspecified atom stereocenters. The van der Waals surface area contributed by atoms with Crippen LogP contribution in [0.4, 0.5) is 0 Å². The van der Waals surface area contributed by atoms with Crippen molar-refractivity contribution >= 4 is 46.5 Å². The standard InChI is InChI=1S/3Al.Ho.6O/q;;;+3;;;;3*-1. The summed E-state index contributed by atoms with van der Waals surface area (Å²) >= 11 is -5.25. The van der Waals surface area contributed by atoms with Crippen LogP contribution in [0.3, 0.4) is 0 Å². The molecule has 0 N–H and O–H groups in total. The Hall–Kier alpha value is 1.66. The fourth-order valence-corrected chi connectivity index (χ4v) is 0. The van der Waals surface area contributed by atoms with Crippen molar-refractivity contribution in [2.24, 2.45) is 0 Å². The maximum atomic E-state index is 8.46. The molecule has 10 heavy (non-hydrogen) atoms. The fraction of sp³-hybridized carbons (Fsp3) is 0. The van der Waals surface area contributed by atoms with Crippen molar-refractivity contribution in [2.45, 2.75) is 0 Å². The Bertz CT molecular complexity index is 49.7. The Morgan fingerprint density at radius 3 is 0.700 bits per heavy atom. The molecule has 0 rings (SSSR count). The zero-order valence-electron chi connectivity index (χ0n) is 4.48. The molecule has 0 aromatic carbocycles. The molecule has 0 aliphatic heterocycles. The first kappa shape index (κ1) is 22.6. The molecule has 0 aromatic heterocycles. The van der Waals surface area contributed by atoms with E-state index < -0.39 is 46.5 Å². The molecule has 10 heteroatoms. The average molecular weight is 342 g/mol. The van der Waals surface area contributed by atoms with Gasteiger partial charge in [-0.2, -0.15) is 0 Å². The van der Waals surface area contributed by atoms with Gasteiger partial charge in [-0.1, -0.05) is 0 Å². The van der Waals surface area contributed by atoms with E-state index in [0.29, 0.717) is 0 Å². The molecule has 6 nitrogen and oxygen atoms in total. The Labute approximate surface area is 106 Å². The van der Waals surface area contributed by atoms with Crippen molar-refractivity contribution in [2.75, 3.05) is 0 Å². The number of rotatable bonds is 0. The van der Waals surface area contributed by atoms with Crippen molar-refractivity contribution in [1.82, 2.24) is 0 Å². The topological polar surface area (TPSA) is 120 Å². The summed E-state index contributed by atoms with van der Waals surface area (Å²) in [7, 11) is 0. The van der Waals surface area contributed by atoms with E-state index in [4.69, 9.17) is 23.9 Å². The molecule has 0 atom stereocenters. The Morgan fingerprint density at radius 1 is 0.700 bits per heavy atom. The minimum atomic E-state index is -1.75. The predicted octanol–water partition coefficient (Wildman–Crippen LogP) is -5.07. The molecule has 0 aliphatic carbocycles. The quantitative estimate of drug-likeness (QED) is 0.406. The van der Waals surface area contributed by atoms with Crippen LogP contribution in [0.25, 0.3) is 0 Å². The second-order valence-corrected chi connectivity index (χ2v) is 0.866. The molecule has 0 saturated carbocycles. The van der Waals surface area contributed by atoms with Crippen LogP contribution in [0.5, 0.6) is 0 Å². The molecule has 0 aromatic rings. The van der Waals surface area contributed by atoms with Crippen LogP contribution in [0.2, 0.25) is 0 Å². The van der Waals surface area contributed by atoms with Crippen molar-refractivity contribution in [1.29, 1.82) is 0 Å². The maximum absolute atomic E-state index is 8.46. The zero-order chi connectivity index (χ0) is 8.12. The van der Waals surface area contributed by atoms with Crippen molar-refractivity contribution in [3.8, 4) is 0 Å². The molecule has 0 fully saturated rings. The van der Waals surface area contributed by atoms with E-state index in [0.717, 1.165) is 0 Å². The van der Waals surface area contributed by atoms with Gasteiger partial charge >= 0.3 is 108 Å². The molecule has 0 radical (unpaired) electrons. The summed E-state index contributed by atoms with van der Waals surface area (Å²) in [4.78, 5) is 0. The summed E-state index contributed by atoms with van der Waals surface area (Å²) < 4.78 is 50.8. The fourth-order valence-electron chi connectivity index (χ4n) is 0. The van der Waals surface area contributed by atoms with Crippen LogP contribution in [-0.4, -0.2) is 46.5 Å². The van der Waals surface area contributed by atoms with Crippen LogP contribution in [0, 0.1) is 37.7 Å². The third-order valence-corrected chi connectivity index (χ3v) is 0. The summed E-state index contributed by atoms with van der Waals surface area (Å²) in [6, 6.07) is 0. The van der Waals surface area contributed by atoms with Gasteiger partial charge in [0.25, 0.3) is 0 Å². The second kappa shape index (κ2) is 45.8. The molecule has 0 saturated heterocycles. The molecule has 56 valence electrons. The van der Waals surface area contributed by atoms with E-state index in [1.54, 1.807) is 0 Å². The average Bonchev–Trinajstić information content (AvgIpc) is 1.70. The van der Waals surface area contributed by atoms with E-state index in [2.05, 4.69) is 0 Å². The Morgan fingerprint density at radius 2 is 0.700 bits per heavy atom. The van der Waals surface area contributed by atoms with Crippen molar-refractivity contribution in [3.63, 3.8) is 0 Å². The first-order chi connectivity index (χ1) is 4.24. The third kappa shape index (κ3) is 264. The molecular formula is Al3HoO6. The summed E-state index contributed by atoms with van der Waals surface area (Å²) in [5.74, 6) is 0. The molecule has 0 bridgehead atoms. The van der Waals surface area contributed by atoms with Crippen LogP contribution in [-0.2, 0) is 11.4 Å². The van der Waals surface area contributed by atoms with Crippen LogP contribution in [0.15, 0.2) is 0 Å². The van der Waals surface area contributed by atoms with Gasteiger partial charge in [0.15, 0.2) is 0 Å². The summed E-state index contributed by atoms with van der Waals surface area (Å²) in [5.41, 5.74) is 0. The molecule has 0 spiro atoms. The first-order valence-corrected chi connectivity index (χ1v) is 4.24. The van der Waals surface area contributed by atoms with Gasteiger partial charge in [0.1, 0.15) is 0 Å². The van der Waals surface area contributed by atoms with Gasteiger partial charge in [-0.3, -0.25) is 0 Å². The summed E-state index contributed by atoms with van der Waals surface area (Å²) in [6.07, 6.45) is 0. The van der Waals surface area contributed by atoms with E-state index in [-0.39, 0.29) is 37.7 Å². The van der Waals surface area contributed by atoms with Crippen molar-refractivity contribution in [3.05, 3.63) is 0 Å². The predicted molar refractivity (Wildman–Crippen MR) is 19.3 cm³/mol. The van der Waals surface area contributed by atoms with Gasteiger partial charge in [0, 0.05) is 0 Å². The SMILES string of the molecule is [Ho+3].[O]=[Al][O-].[O]=[Al][O-].[O]=[Al][O-].